The molecule has 0 radical (unpaired) electrons. The van der Waals surface area contributed by atoms with Crippen molar-refractivity contribution in [2.75, 3.05) is 19.6 Å². The standard InChI is InChI=1S/C24H28N2O3/c27-22(25-15-17-5-6-17)13-19-14-24(21-4-2-1-3-20(19)21)8-10-26(11-9-24)23(28)18-7-12-29-16-18/h1-4,7,12,16-17,19H,5-6,8-11,13-15H2,(H,25,27). The fourth-order valence-electron chi connectivity index (χ4n) is 5.27. The largest absolute Gasteiger partial charge is 0.472 e. The molecular formula is C24H28N2O3. The van der Waals surface area contributed by atoms with E-state index >= 15 is 0 Å². The number of nitrogens with zero attached hydrogens (tertiary/aromatic N) is 1. The highest BCUT2D eigenvalue weighted by Crippen LogP contribution is 2.52. The Morgan fingerprint density at radius 1 is 1.14 bits per heavy atom. The number of benzene rings is 1. The third-order valence-electron chi connectivity index (χ3n) is 7.10. The molecule has 5 heteroatoms. The average Bonchev–Trinajstić information content (AvgIpc) is 3.33. The first-order chi connectivity index (χ1) is 14.1. The third-order valence-corrected chi connectivity index (χ3v) is 7.10. The number of hydrogen-bond donors (Lipinski definition) is 1. The number of likely N-dealkylation sites (tertiary alicyclic amines) is 1. The van der Waals surface area contributed by atoms with E-state index in [4.69, 9.17) is 4.42 Å². The van der Waals surface area contributed by atoms with E-state index in [9.17, 15) is 9.59 Å². The minimum atomic E-state index is 0.0517. The molecular weight excluding hydrogens is 364 g/mol. The Bertz CT molecular complexity index is 893. The van der Waals surface area contributed by atoms with Gasteiger partial charge < -0.3 is 14.6 Å². The number of rotatable bonds is 5. The molecule has 2 aromatic rings. The van der Waals surface area contributed by atoms with E-state index in [1.807, 2.05) is 4.90 Å². The van der Waals surface area contributed by atoms with Crippen LogP contribution in [0.1, 0.15) is 65.9 Å². The van der Waals surface area contributed by atoms with Gasteiger partial charge in [-0.1, -0.05) is 24.3 Å². The van der Waals surface area contributed by atoms with Gasteiger partial charge in [-0.05, 0) is 66.5 Å². The molecule has 152 valence electrons. The highest BCUT2D eigenvalue weighted by molar-refractivity contribution is 5.93. The molecule has 1 atom stereocenters. The monoisotopic (exact) mass is 392 g/mol. The molecule has 29 heavy (non-hydrogen) atoms. The summed E-state index contributed by atoms with van der Waals surface area (Å²) < 4.78 is 5.07. The molecule has 2 heterocycles. The molecule has 2 amide bonds. The minimum absolute atomic E-state index is 0.0517. The van der Waals surface area contributed by atoms with Gasteiger partial charge in [-0.2, -0.15) is 0 Å². The number of fused-ring (bicyclic) bond motifs is 2. The van der Waals surface area contributed by atoms with Crippen LogP contribution in [0, 0.1) is 5.92 Å². The van der Waals surface area contributed by atoms with Crippen LogP contribution in [0.3, 0.4) is 0 Å². The molecule has 2 fully saturated rings. The summed E-state index contributed by atoms with van der Waals surface area (Å²) >= 11 is 0. The molecule has 1 N–H and O–H groups in total. The smallest absolute Gasteiger partial charge is 0.257 e. The second-order valence-corrected chi connectivity index (χ2v) is 9.02. The van der Waals surface area contributed by atoms with Gasteiger partial charge in [0.15, 0.2) is 0 Å². The molecule has 1 spiro atoms. The lowest BCUT2D eigenvalue weighted by molar-refractivity contribution is -0.121. The summed E-state index contributed by atoms with van der Waals surface area (Å²) in [6, 6.07) is 10.4. The van der Waals surface area contributed by atoms with Crippen molar-refractivity contribution in [1.29, 1.82) is 0 Å². The van der Waals surface area contributed by atoms with Crippen LogP contribution in [-0.4, -0.2) is 36.3 Å². The fraction of sp³-hybridized carbons (Fsp3) is 0.500. The van der Waals surface area contributed by atoms with Crippen molar-refractivity contribution in [3.8, 4) is 0 Å². The van der Waals surface area contributed by atoms with Gasteiger partial charge in [0.25, 0.3) is 5.91 Å². The normalized spacial score (nSPS) is 22.5. The van der Waals surface area contributed by atoms with Gasteiger partial charge in [-0.3, -0.25) is 9.59 Å². The summed E-state index contributed by atoms with van der Waals surface area (Å²) in [7, 11) is 0. The van der Waals surface area contributed by atoms with Crippen LogP contribution in [-0.2, 0) is 10.2 Å². The van der Waals surface area contributed by atoms with E-state index in [0.29, 0.717) is 17.9 Å². The highest BCUT2D eigenvalue weighted by atomic mass is 16.3. The first kappa shape index (κ1) is 18.5. The number of carbonyl (C=O) groups excluding carboxylic acids is 2. The SMILES string of the molecule is O=C(CC1CC2(CCN(C(=O)c3ccoc3)CC2)c2ccccc21)NCC1CC1. The second kappa shape index (κ2) is 7.36. The van der Waals surface area contributed by atoms with Crippen molar-refractivity contribution in [3.05, 3.63) is 59.5 Å². The van der Waals surface area contributed by atoms with E-state index in [-0.39, 0.29) is 23.1 Å². The second-order valence-electron chi connectivity index (χ2n) is 9.02. The van der Waals surface area contributed by atoms with Gasteiger partial charge in [-0.15, -0.1) is 0 Å². The Morgan fingerprint density at radius 3 is 2.66 bits per heavy atom. The molecule has 1 saturated carbocycles. The summed E-state index contributed by atoms with van der Waals surface area (Å²) in [6.45, 7) is 2.33. The first-order valence-corrected chi connectivity index (χ1v) is 10.8. The zero-order chi connectivity index (χ0) is 19.8. The Hall–Kier alpha value is -2.56. The number of nitrogens with one attached hydrogen (secondary N) is 1. The van der Waals surface area contributed by atoms with Gasteiger partial charge in [0.1, 0.15) is 6.26 Å². The maximum Gasteiger partial charge on any atom is 0.257 e. The van der Waals surface area contributed by atoms with Gasteiger partial charge in [0.05, 0.1) is 11.8 Å². The lowest BCUT2D eigenvalue weighted by Crippen LogP contribution is -2.44. The minimum Gasteiger partial charge on any atom is -0.472 e. The maximum atomic E-state index is 12.7. The molecule has 2 aliphatic carbocycles. The lowest BCUT2D eigenvalue weighted by atomic mass is 9.73. The van der Waals surface area contributed by atoms with Gasteiger partial charge >= 0.3 is 0 Å². The predicted octanol–water partition coefficient (Wildman–Crippen LogP) is 3.86. The average molecular weight is 392 g/mol. The molecule has 3 aliphatic rings. The molecule has 5 rings (SSSR count). The fourth-order valence-corrected chi connectivity index (χ4v) is 5.27. The van der Waals surface area contributed by atoms with E-state index in [2.05, 4.69) is 29.6 Å². The number of amides is 2. The Balaban J connectivity index is 1.28. The van der Waals surface area contributed by atoms with Crippen LogP contribution in [0.15, 0.2) is 47.3 Å². The van der Waals surface area contributed by atoms with Gasteiger partial charge in [0, 0.05) is 26.1 Å². The van der Waals surface area contributed by atoms with Crippen molar-refractivity contribution < 1.29 is 14.0 Å². The number of hydrogen-bond acceptors (Lipinski definition) is 3. The van der Waals surface area contributed by atoms with Crippen LogP contribution >= 0.6 is 0 Å². The Kier molecular flexibility index (Phi) is 4.69. The summed E-state index contributed by atoms with van der Waals surface area (Å²) in [4.78, 5) is 27.1. The predicted molar refractivity (Wildman–Crippen MR) is 110 cm³/mol. The van der Waals surface area contributed by atoms with Crippen LogP contribution in [0.2, 0.25) is 0 Å². The van der Waals surface area contributed by atoms with Crippen molar-refractivity contribution in [2.24, 2.45) is 5.92 Å². The van der Waals surface area contributed by atoms with Gasteiger partial charge in [-0.25, -0.2) is 0 Å². The zero-order valence-electron chi connectivity index (χ0n) is 16.7. The topological polar surface area (TPSA) is 62.6 Å². The highest BCUT2D eigenvalue weighted by Gasteiger charge is 2.46. The van der Waals surface area contributed by atoms with E-state index < -0.39 is 0 Å². The molecule has 1 aliphatic heterocycles. The van der Waals surface area contributed by atoms with Crippen molar-refractivity contribution >= 4 is 11.8 Å². The van der Waals surface area contributed by atoms with Crippen molar-refractivity contribution in [1.82, 2.24) is 10.2 Å². The number of furan rings is 1. The first-order valence-electron chi connectivity index (χ1n) is 10.8. The number of piperidine rings is 1. The van der Waals surface area contributed by atoms with Crippen LogP contribution < -0.4 is 5.32 Å². The third kappa shape index (κ3) is 3.59. The van der Waals surface area contributed by atoms with Crippen LogP contribution in [0.25, 0.3) is 0 Å². The van der Waals surface area contributed by atoms with Crippen LogP contribution in [0.4, 0.5) is 0 Å². The summed E-state index contributed by atoms with van der Waals surface area (Å²) in [5, 5.41) is 3.13. The van der Waals surface area contributed by atoms with E-state index in [0.717, 1.165) is 38.9 Å². The van der Waals surface area contributed by atoms with E-state index in [1.54, 1.807) is 12.3 Å². The molecule has 1 unspecified atom stereocenters. The number of carbonyl (C=O) groups is 2. The molecule has 1 saturated heterocycles. The van der Waals surface area contributed by atoms with Crippen molar-refractivity contribution in [3.63, 3.8) is 0 Å². The molecule has 5 nitrogen and oxygen atoms in total. The maximum absolute atomic E-state index is 12.7. The van der Waals surface area contributed by atoms with E-state index in [1.165, 1.54) is 30.2 Å². The van der Waals surface area contributed by atoms with Gasteiger partial charge in [0.2, 0.25) is 5.91 Å². The summed E-state index contributed by atoms with van der Waals surface area (Å²) in [5.74, 6) is 1.22. The molecule has 1 aromatic carbocycles. The Morgan fingerprint density at radius 2 is 1.93 bits per heavy atom. The lowest BCUT2D eigenvalue weighted by Gasteiger charge is -2.40. The van der Waals surface area contributed by atoms with Crippen LogP contribution in [0.5, 0.6) is 0 Å². The van der Waals surface area contributed by atoms with Crippen molar-refractivity contribution in [2.45, 2.75) is 49.9 Å². The molecule has 1 aromatic heterocycles. The zero-order valence-corrected chi connectivity index (χ0v) is 16.7. The quantitative estimate of drug-likeness (QED) is 0.841. The molecule has 0 bridgehead atoms. The summed E-state index contributed by atoms with van der Waals surface area (Å²) in [5.41, 5.74) is 3.45. The Labute approximate surface area is 171 Å². The summed E-state index contributed by atoms with van der Waals surface area (Å²) in [6.07, 6.45) is 9.06.